The van der Waals surface area contributed by atoms with Crippen LogP contribution in [0.15, 0.2) is 24.3 Å². The third-order valence-corrected chi connectivity index (χ3v) is 6.82. The van der Waals surface area contributed by atoms with Crippen molar-refractivity contribution in [3.05, 3.63) is 24.3 Å². The summed E-state index contributed by atoms with van der Waals surface area (Å²) in [4.78, 5) is 0. The van der Waals surface area contributed by atoms with Crippen LogP contribution in [-0.2, 0) is 9.47 Å². The summed E-state index contributed by atoms with van der Waals surface area (Å²) in [6.45, 7) is 5.31. The van der Waals surface area contributed by atoms with Crippen LogP contribution in [0.1, 0.15) is 110 Å². The van der Waals surface area contributed by atoms with Crippen molar-refractivity contribution in [2.24, 2.45) is 11.8 Å². The molecule has 1 saturated carbocycles. The van der Waals surface area contributed by atoms with E-state index in [2.05, 4.69) is 38.2 Å². The summed E-state index contributed by atoms with van der Waals surface area (Å²) < 4.78 is 12.2. The van der Waals surface area contributed by atoms with Gasteiger partial charge in [-0.2, -0.15) is 0 Å². The first-order chi connectivity index (χ1) is 14.8. The summed E-state index contributed by atoms with van der Waals surface area (Å²) in [6.07, 6.45) is 26.6. The third-order valence-electron chi connectivity index (χ3n) is 6.82. The van der Waals surface area contributed by atoms with Crippen LogP contribution in [0.25, 0.3) is 0 Å². The lowest BCUT2D eigenvalue weighted by atomic mass is 9.86. The molecule has 30 heavy (non-hydrogen) atoms. The Bertz CT molecular complexity index is 467. The van der Waals surface area contributed by atoms with Gasteiger partial charge in [0, 0.05) is 13.0 Å². The molecule has 0 radical (unpaired) electrons. The van der Waals surface area contributed by atoms with Gasteiger partial charge in [-0.15, -0.1) is 0 Å². The quantitative estimate of drug-likeness (QED) is 0.222. The SMILES string of the molecule is CCCC/C=C\C[C@@H]1[C@@H](CC/C=C/CCCCCC)[C@H](OC2CCCCO2)C[C@@H]1O. The molecule has 1 N–H and O–H groups in total. The number of aliphatic hydroxyl groups is 1. The second-order valence-electron chi connectivity index (χ2n) is 9.35. The van der Waals surface area contributed by atoms with E-state index < -0.39 is 0 Å². The number of ether oxygens (including phenoxy) is 2. The highest BCUT2D eigenvalue weighted by molar-refractivity contribution is 4.98. The lowest BCUT2D eigenvalue weighted by Crippen LogP contribution is -2.31. The highest BCUT2D eigenvalue weighted by Gasteiger charge is 2.43. The molecule has 3 heteroatoms. The minimum absolute atomic E-state index is 0.0635. The Morgan fingerprint density at radius 2 is 1.63 bits per heavy atom. The maximum atomic E-state index is 10.8. The molecular formula is C27H48O3. The van der Waals surface area contributed by atoms with E-state index in [1.807, 2.05) is 0 Å². The Labute approximate surface area is 186 Å². The van der Waals surface area contributed by atoms with E-state index in [1.165, 1.54) is 51.4 Å². The first-order valence-electron chi connectivity index (χ1n) is 13.0. The molecular weight excluding hydrogens is 372 g/mol. The van der Waals surface area contributed by atoms with Gasteiger partial charge in [0.25, 0.3) is 0 Å². The summed E-state index contributed by atoms with van der Waals surface area (Å²) in [5, 5.41) is 10.8. The van der Waals surface area contributed by atoms with Crippen molar-refractivity contribution in [3.8, 4) is 0 Å². The minimum atomic E-state index is -0.252. The topological polar surface area (TPSA) is 38.7 Å². The van der Waals surface area contributed by atoms with Crippen molar-refractivity contribution in [1.29, 1.82) is 0 Å². The summed E-state index contributed by atoms with van der Waals surface area (Å²) in [5.41, 5.74) is 0. The van der Waals surface area contributed by atoms with E-state index >= 15 is 0 Å². The van der Waals surface area contributed by atoms with E-state index in [1.54, 1.807) is 0 Å². The van der Waals surface area contributed by atoms with E-state index in [0.29, 0.717) is 11.8 Å². The smallest absolute Gasteiger partial charge is 0.157 e. The van der Waals surface area contributed by atoms with Gasteiger partial charge in [-0.05, 0) is 69.6 Å². The number of hydrogen-bond acceptors (Lipinski definition) is 3. The molecule has 2 fully saturated rings. The lowest BCUT2D eigenvalue weighted by Gasteiger charge is -2.30. The van der Waals surface area contributed by atoms with Crippen LogP contribution < -0.4 is 0 Å². The fourth-order valence-corrected chi connectivity index (χ4v) is 4.96. The second-order valence-corrected chi connectivity index (χ2v) is 9.35. The van der Waals surface area contributed by atoms with Crippen molar-refractivity contribution in [3.63, 3.8) is 0 Å². The van der Waals surface area contributed by atoms with Crippen molar-refractivity contribution < 1.29 is 14.6 Å². The van der Waals surface area contributed by atoms with Gasteiger partial charge in [0.15, 0.2) is 6.29 Å². The molecule has 1 unspecified atom stereocenters. The van der Waals surface area contributed by atoms with Gasteiger partial charge in [0.2, 0.25) is 0 Å². The van der Waals surface area contributed by atoms with E-state index in [4.69, 9.17) is 9.47 Å². The molecule has 0 aromatic carbocycles. The Kier molecular flexibility index (Phi) is 13.7. The van der Waals surface area contributed by atoms with Gasteiger partial charge in [-0.1, -0.05) is 70.3 Å². The maximum absolute atomic E-state index is 10.8. The summed E-state index contributed by atoms with van der Waals surface area (Å²) >= 11 is 0. The predicted molar refractivity (Wildman–Crippen MR) is 126 cm³/mol. The van der Waals surface area contributed by atoms with Gasteiger partial charge >= 0.3 is 0 Å². The van der Waals surface area contributed by atoms with Crippen molar-refractivity contribution in [2.75, 3.05) is 6.61 Å². The van der Waals surface area contributed by atoms with Crippen LogP contribution in [-0.4, -0.2) is 30.2 Å². The number of aliphatic hydroxyl groups excluding tert-OH is 1. The number of allylic oxidation sites excluding steroid dienone is 4. The van der Waals surface area contributed by atoms with E-state index in [0.717, 1.165) is 51.6 Å². The van der Waals surface area contributed by atoms with E-state index in [9.17, 15) is 5.11 Å². The summed E-state index contributed by atoms with van der Waals surface area (Å²) in [5.74, 6) is 0.737. The van der Waals surface area contributed by atoms with Crippen LogP contribution in [0.4, 0.5) is 0 Å². The Balaban J connectivity index is 1.85. The number of rotatable bonds is 15. The van der Waals surface area contributed by atoms with Crippen LogP contribution in [0.2, 0.25) is 0 Å². The Hall–Kier alpha value is -0.640. The first-order valence-corrected chi connectivity index (χ1v) is 13.0. The summed E-state index contributed by atoms with van der Waals surface area (Å²) in [7, 11) is 0. The number of unbranched alkanes of at least 4 members (excludes halogenated alkanes) is 6. The molecule has 1 heterocycles. The molecule has 0 aromatic rings. The highest BCUT2D eigenvalue weighted by atomic mass is 16.7. The van der Waals surface area contributed by atoms with Gasteiger partial charge < -0.3 is 14.6 Å². The molecule has 1 aliphatic heterocycles. The Morgan fingerprint density at radius 3 is 2.40 bits per heavy atom. The molecule has 2 rings (SSSR count). The lowest BCUT2D eigenvalue weighted by molar-refractivity contribution is -0.196. The van der Waals surface area contributed by atoms with Crippen LogP contribution in [0, 0.1) is 11.8 Å². The van der Waals surface area contributed by atoms with Crippen LogP contribution >= 0.6 is 0 Å². The zero-order chi connectivity index (χ0) is 21.4. The molecule has 2 aliphatic rings. The fourth-order valence-electron chi connectivity index (χ4n) is 4.96. The van der Waals surface area contributed by atoms with Gasteiger partial charge in [-0.25, -0.2) is 0 Å². The van der Waals surface area contributed by atoms with Gasteiger partial charge in [0.05, 0.1) is 12.2 Å². The molecule has 0 aromatic heterocycles. The molecule has 0 spiro atoms. The highest BCUT2D eigenvalue weighted by Crippen LogP contribution is 2.41. The summed E-state index contributed by atoms with van der Waals surface area (Å²) in [6, 6.07) is 0. The zero-order valence-corrected chi connectivity index (χ0v) is 19.8. The average Bonchev–Trinajstić information content (AvgIpc) is 3.04. The van der Waals surface area contributed by atoms with E-state index in [-0.39, 0.29) is 18.5 Å². The van der Waals surface area contributed by atoms with Gasteiger partial charge in [-0.3, -0.25) is 0 Å². The largest absolute Gasteiger partial charge is 0.393 e. The molecule has 1 aliphatic carbocycles. The van der Waals surface area contributed by atoms with Crippen molar-refractivity contribution in [2.45, 2.75) is 129 Å². The van der Waals surface area contributed by atoms with Crippen molar-refractivity contribution >= 4 is 0 Å². The van der Waals surface area contributed by atoms with Crippen LogP contribution in [0.3, 0.4) is 0 Å². The molecule has 0 bridgehead atoms. The minimum Gasteiger partial charge on any atom is -0.393 e. The maximum Gasteiger partial charge on any atom is 0.157 e. The molecule has 174 valence electrons. The zero-order valence-electron chi connectivity index (χ0n) is 19.8. The Morgan fingerprint density at radius 1 is 0.867 bits per heavy atom. The van der Waals surface area contributed by atoms with Crippen molar-refractivity contribution in [1.82, 2.24) is 0 Å². The predicted octanol–water partition coefficient (Wildman–Crippen LogP) is 7.34. The first kappa shape index (κ1) is 25.6. The molecule has 1 saturated heterocycles. The normalized spacial score (nSPS) is 30.0. The van der Waals surface area contributed by atoms with Gasteiger partial charge in [0.1, 0.15) is 0 Å². The molecule has 5 atom stereocenters. The fraction of sp³-hybridized carbons (Fsp3) is 0.852. The monoisotopic (exact) mass is 420 g/mol. The molecule has 3 nitrogen and oxygen atoms in total. The van der Waals surface area contributed by atoms with Crippen LogP contribution in [0.5, 0.6) is 0 Å². The standard InChI is InChI=1S/C27H48O3/c1-3-5-7-9-10-11-13-15-19-24-23(18-14-12-8-6-4-2)25(28)22-26(24)30-27-20-16-17-21-29-27/h11-14,23-28H,3-10,15-22H2,1-2H3/b13-11+,14-12-/t23-,24-,25+,26-,27?/m1/s1. The third kappa shape index (κ3) is 9.66. The number of hydrogen-bond donors (Lipinski definition) is 1. The average molecular weight is 421 g/mol. The molecule has 0 amide bonds. The second kappa shape index (κ2) is 16.1.